The molecule has 232 valence electrons. The monoisotopic (exact) mass is 590 g/mol. The van der Waals surface area contributed by atoms with Gasteiger partial charge >= 0.3 is 6.09 Å². The molecule has 2 unspecified atom stereocenters. The minimum absolute atomic E-state index is 0.0554. The summed E-state index contributed by atoms with van der Waals surface area (Å²) in [7, 11) is 0. The Morgan fingerprint density at radius 3 is 2.16 bits per heavy atom. The minimum Gasteiger partial charge on any atom is -0.444 e. The molecule has 0 bridgehead atoms. The Bertz CT molecular complexity index is 1290. The van der Waals surface area contributed by atoms with Crippen molar-refractivity contribution < 1.29 is 23.9 Å². The Kier molecular flexibility index (Phi) is 13.3. The van der Waals surface area contributed by atoms with E-state index in [1.165, 1.54) is 4.90 Å². The van der Waals surface area contributed by atoms with Crippen LogP contribution < -0.4 is 16.4 Å². The summed E-state index contributed by atoms with van der Waals surface area (Å²) >= 11 is 0. The van der Waals surface area contributed by atoms with Crippen LogP contribution in [0.2, 0.25) is 0 Å². The van der Waals surface area contributed by atoms with Crippen molar-refractivity contribution in [2.75, 3.05) is 11.9 Å². The molecule has 2 aromatic carbocycles. The first-order chi connectivity index (χ1) is 20.3. The first-order valence-electron chi connectivity index (χ1n) is 14.8. The van der Waals surface area contributed by atoms with E-state index in [4.69, 9.17) is 16.9 Å². The van der Waals surface area contributed by atoms with E-state index in [0.29, 0.717) is 23.2 Å². The highest BCUT2D eigenvalue weighted by Gasteiger charge is 2.36. The molecule has 0 saturated heterocycles. The Balaban J connectivity index is 2.61. The van der Waals surface area contributed by atoms with E-state index >= 15 is 0 Å². The van der Waals surface area contributed by atoms with E-state index in [1.807, 2.05) is 32.0 Å². The highest BCUT2D eigenvalue weighted by atomic mass is 16.6. The molecular formula is C34H46N4O5. The van der Waals surface area contributed by atoms with Gasteiger partial charge in [0.2, 0.25) is 11.8 Å². The van der Waals surface area contributed by atoms with Gasteiger partial charge in [0.15, 0.2) is 0 Å². The summed E-state index contributed by atoms with van der Waals surface area (Å²) in [6.45, 7) is 11.3. The summed E-state index contributed by atoms with van der Waals surface area (Å²) in [6.07, 6.45) is 7.98. The molecule has 4 amide bonds. The van der Waals surface area contributed by atoms with E-state index in [-0.39, 0.29) is 19.4 Å². The average molecular weight is 591 g/mol. The molecule has 0 spiro atoms. The maximum Gasteiger partial charge on any atom is 0.408 e. The van der Waals surface area contributed by atoms with Crippen molar-refractivity contribution >= 4 is 29.5 Å². The molecule has 0 aliphatic heterocycles. The number of nitrogens with zero attached hydrogens (tertiary/aromatic N) is 1. The van der Waals surface area contributed by atoms with Crippen LogP contribution in [-0.4, -0.2) is 46.9 Å². The number of anilines is 1. The van der Waals surface area contributed by atoms with Gasteiger partial charge in [-0.05, 0) is 76.3 Å². The standard InChI is InChI=1S/C34H46N4O5/c1-8-10-11-12-22-38(32(41)27(20-21-28(35)39)36-33(42)43-34(5,6)7)30(26-18-16-25(9-2)17-19-26)31(40)37-29-23(3)14-13-15-24(29)4/h2,13-19,27,30H,8,10-12,20-22H2,1,3-7H3,(H2,35,39)(H,36,42)(H,37,40). The van der Waals surface area contributed by atoms with Gasteiger partial charge in [-0.2, -0.15) is 0 Å². The van der Waals surface area contributed by atoms with Gasteiger partial charge in [-0.3, -0.25) is 14.4 Å². The second kappa shape index (κ2) is 16.4. The quantitative estimate of drug-likeness (QED) is 0.197. The number of aryl methyl sites for hydroxylation is 2. The van der Waals surface area contributed by atoms with Crippen LogP contribution in [0.3, 0.4) is 0 Å². The lowest BCUT2D eigenvalue weighted by Crippen LogP contribution is -2.53. The molecular weight excluding hydrogens is 544 g/mol. The van der Waals surface area contributed by atoms with Gasteiger partial charge in [-0.25, -0.2) is 4.79 Å². The SMILES string of the molecule is C#Cc1ccc(C(C(=O)Nc2c(C)cccc2C)N(CCCCCC)C(=O)C(CCC(N)=O)NC(=O)OC(C)(C)C)cc1. The number of carbonyl (C=O) groups excluding carboxylic acids is 4. The number of amides is 4. The van der Waals surface area contributed by atoms with Gasteiger partial charge in [0.1, 0.15) is 17.7 Å². The normalized spacial score (nSPS) is 12.4. The molecule has 0 heterocycles. The van der Waals surface area contributed by atoms with Crippen LogP contribution in [0.5, 0.6) is 0 Å². The van der Waals surface area contributed by atoms with Crippen LogP contribution in [0.25, 0.3) is 0 Å². The third-order valence-electron chi connectivity index (χ3n) is 6.89. The van der Waals surface area contributed by atoms with E-state index in [1.54, 1.807) is 45.0 Å². The first kappa shape index (κ1) is 34.9. The fraction of sp³-hybridized carbons (Fsp3) is 0.471. The van der Waals surface area contributed by atoms with Gasteiger partial charge in [0, 0.05) is 24.2 Å². The summed E-state index contributed by atoms with van der Waals surface area (Å²) in [6, 6.07) is 10.4. The van der Waals surface area contributed by atoms with Crippen LogP contribution in [0.1, 0.15) is 94.5 Å². The van der Waals surface area contributed by atoms with Crippen LogP contribution >= 0.6 is 0 Å². The Hall–Kier alpha value is -4.32. The third kappa shape index (κ3) is 11.1. The molecule has 0 aromatic heterocycles. The van der Waals surface area contributed by atoms with E-state index in [9.17, 15) is 19.2 Å². The molecule has 2 rings (SSSR count). The summed E-state index contributed by atoms with van der Waals surface area (Å²) in [5, 5.41) is 5.67. The molecule has 0 aliphatic rings. The minimum atomic E-state index is -1.16. The molecule has 0 fully saturated rings. The summed E-state index contributed by atoms with van der Waals surface area (Å²) < 4.78 is 5.41. The van der Waals surface area contributed by atoms with E-state index in [2.05, 4.69) is 23.5 Å². The number of terminal acetylenes is 1. The van der Waals surface area contributed by atoms with Gasteiger partial charge < -0.3 is 26.0 Å². The average Bonchev–Trinajstić information content (AvgIpc) is 2.93. The number of nitrogens with two attached hydrogens (primary N) is 1. The Morgan fingerprint density at radius 1 is 1.00 bits per heavy atom. The lowest BCUT2D eigenvalue weighted by atomic mass is 9.99. The maximum atomic E-state index is 14.3. The molecule has 9 heteroatoms. The van der Waals surface area contributed by atoms with Gasteiger partial charge in [0.05, 0.1) is 0 Å². The summed E-state index contributed by atoms with van der Waals surface area (Å²) in [5.74, 6) is 1.02. The van der Waals surface area contributed by atoms with Crippen molar-refractivity contribution in [3.05, 3.63) is 64.7 Å². The lowest BCUT2D eigenvalue weighted by Gasteiger charge is -2.35. The molecule has 43 heavy (non-hydrogen) atoms. The van der Waals surface area contributed by atoms with Gasteiger partial charge in [-0.1, -0.05) is 62.4 Å². The molecule has 0 saturated carbocycles. The fourth-order valence-electron chi connectivity index (χ4n) is 4.71. The second-order valence-corrected chi connectivity index (χ2v) is 11.7. The van der Waals surface area contributed by atoms with Crippen molar-refractivity contribution in [3.63, 3.8) is 0 Å². The summed E-state index contributed by atoms with van der Waals surface area (Å²) in [5.41, 5.74) is 8.20. The molecule has 2 aromatic rings. The van der Waals surface area contributed by atoms with Crippen LogP contribution in [0, 0.1) is 26.2 Å². The number of alkyl carbamates (subject to hydrolysis) is 1. The number of primary amides is 1. The molecule has 4 N–H and O–H groups in total. The Morgan fingerprint density at radius 2 is 1.63 bits per heavy atom. The van der Waals surface area contributed by atoms with Crippen molar-refractivity contribution in [1.82, 2.24) is 10.2 Å². The molecule has 9 nitrogen and oxygen atoms in total. The van der Waals surface area contributed by atoms with Crippen molar-refractivity contribution in [1.29, 1.82) is 0 Å². The second-order valence-electron chi connectivity index (χ2n) is 11.7. The number of rotatable bonds is 14. The zero-order chi connectivity index (χ0) is 32.2. The number of nitrogens with one attached hydrogen (secondary N) is 2. The van der Waals surface area contributed by atoms with Crippen molar-refractivity contribution in [2.45, 2.75) is 97.8 Å². The number of unbranched alkanes of at least 4 members (excludes halogenated alkanes) is 3. The predicted octanol–water partition coefficient (Wildman–Crippen LogP) is 5.53. The highest BCUT2D eigenvalue weighted by Crippen LogP contribution is 2.28. The number of hydrogen-bond donors (Lipinski definition) is 3. The lowest BCUT2D eigenvalue weighted by molar-refractivity contribution is -0.141. The number of ether oxygens (including phenoxy) is 1. The predicted molar refractivity (Wildman–Crippen MR) is 169 cm³/mol. The van der Waals surface area contributed by atoms with Crippen LogP contribution in [0.15, 0.2) is 42.5 Å². The molecule has 2 atom stereocenters. The first-order valence-corrected chi connectivity index (χ1v) is 14.8. The molecule has 0 radical (unpaired) electrons. The van der Waals surface area contributed by atoms with Crippen LogP contribution in [-0.2, 0) is 19.1 Å². The van der Waals surface area contributed by atoms with Gasteiger partial charge in [0.25, 0.3) is 5.91 Å². The highest BCUT2D eigenvalue weighted by molar-refractivity contribution is 6.00. The topological polar surface area (TPSA) is 131 Å². The summed E-state index contributed by atoms with van der Waals surface area (Å²) in [4.78, 5) is 54.5. The zero-order valence-electron chi connectivity index (χ0n) is 26.3. The van der Waals surface area contributed by atoms with Crippen molar-refractivity contribution in [3.8, 4) is 12.3 Å². The van der Waals surface area contributed by atoms with E-state index < -0.39 is 41.5 Å². The number of benzene rings is 2. The van der Waals surface area contributed by atoms with E-state index in [0.717, 1.165) is 30.4 Å². The smallest absolute Gasteiger partial charge is 0.408 e. The fourth-order valence-corrected chi connectivity index (χ4v) is 4.71. The number of para-hydroxylation sites is 1. The number of carbonyl (C=O) groups is 4. The largest absolute Gasteiger partial charge is 0.444 e. The van der Waals surface area contributed by atoms with Crippen LogP contribution in [0.4, 0.5) is 10.5 Å². The number of hydrogen-bond acceptors (Lipinski definition) is 5. The van der Waals surface area contributed by atoms with Gasteiger partial charge in [-0.15, -0.1) is 6.42 Å². The Labute approximate surface area is 255 Å². The zero-order valence-corrected chi connectivity index (χ0v) is 26.3. The molecule has 0 aliphatic carbocycles. The third-order valence-corrected chi connectivity index (χ3v) is 6.89. The maximum absolute atomic E-state index is 14.3. The van der Waals surface area contributed by atoms with Crippen molar-refractivity contribution in [2.24, 2.45) is 5.73 Å².